The van der Waals surface area contributed by atoms with Gasteiger partial charge in [0, 0.05) is 53.4 Å². The smallest absolute Gasteiger partial charge is 0.235 e. The number of hydrogen-bond acceptors (Lipinski definition) is 3. The van der Waals surface area contributed by atoms with Gasteiger partial charge >= 0.3 is 0 Å². The first-order chi connectivity index (χ1) is 24.3. The zero-order chi connectivity index (χ0) is 31.8. The van der Waals surface area contributed by atoms with Gasteiger partial charge in [0.1, 0.15) is 0 Å². The van der Waals surface area contributed by atoms with Gasteiger partial charge in [0.25, 0.3) is 0 Å². The van der Waals surface area contributed by atoms with Crippen molar-refractivity contribution in [2.24, 2.45) is 0 Å². The number of benzene rings is 7. The molecule has 0 unspecified atom stereocenters. The van der Waals surface area contributed by atoms with E-state index in [0.717, 1.165) is 37.9 Å². The van der Waals surface area contributed by atoms with Crippen molar-refractivity contribution in [1.29, 1.82) is 0 Å². The number of hydrogen-bond donors (Lipinski definition) is 0. The van der Waals surface area contributed by atoms with Gasteiger partial charge in [0.15, 0.2) is 0 Å². The summed E-state index contributed by atoms with van der Waals surface area (Å²) >= 11 is 1.77. The summed E-state index contributed by atoms with van der Waals surface area (Å²) in [6.07, 6.45) is 0. The van der Waals surface area contributed by atoms with E-state index in [4.69, 9.17) is 9.97 Å². The van der Waals surface area contributed by atoms with Crippen LogP contribution in [0, 0.1) is 0 Å². The number of para-hydroxylation sites is 2. The Labute approximate surface area is 283 Å². The predicted molar refractivity (Wildman–Crippen MR) is 207 cm³/mol. The lowest BCUT2D eigenvalue weighted by atomic mass is 10.0. The van der Waals surface area contributed by atoms with Crippen molar-refractivity contribution in [2.45, 2.75) is 0 Å². The van der Waals surface area contributed by atoms with Crippen LogP contribution in [0.15, 0.2) is 146 Å². The van der Waals surface area contributed by atoms with E-state index in [-0.39, 0.29) is 0 Å². The van der Waals surface area contributed by atoms with Gasteiger partial charge in [0.05, 0.1) is 43.5 Å². The van der Waals surface area contributed by atoms with Crippen molar-refractivity contribution in [3.8, 4) is 17.2 Å². The van der Waals surface area contributed by atoms with Crippen LogP contribution >= 0.6 is 11.3 Å². The van der Waals surface area contributed by atoms with E-state index in [0.29, 0.717) is 5.95 Å². The molecule has 0 radical (unpaired) electrons. The minimum Gasteiger partial charge on any atom is -0.308 e. The predicted octanol–water partition coefficient (Wildman–Crippen LogP) is 11.9. The van der Waals surface area contributed by atoms with Gasteiger partial charge in [-0.15, -0.1) is 11.3 Å². The summed E-state index contributed by atoms with van der Waals surface area (Å²) in [5.74, 6) is 0.687. The van der Waals surface area contributed by atoms with Crippen LogP contribution in [-0.4, -0.2) is 18.9 Å². The van der Waals surface area contributed by atoms with Crippen molar-refractivity contribution in [3.63, 3.8) is 0 Å². The summed E-state index contributed by atoms with van der Waals surface area (Å²) < 4.78 is 7.12. The molecule has 5 heterocycles. The van der Waals surface area contributed by atoms with Crippen LogP contribution in [0.1, 0.15) is 0 Å². The van der Waals surface area contributed by atoms with Crippen LogP contribution in [0.3, 0.4) is 0 Å². The number of aromatic nitrogens is 4. The third-order valence-electron chi connectivity index (χ3n) is 10.5. The largest absolute Gasteiger partial charge is 0.308 e. The summed E-state index contributed by atoms with van der Waals surface area (Å²) in [5.41, 5.74) is 9.02. The molecule has 0 atom stereocenters. The van der Waals surface area contributed by atoms with E-state index >= 15 is 0 Å². The van der Waals surface area contributed by atoms with Crippen molar-refractivity contribution < 1.29 is 0 Å². The highest BCUT2D eigenvalue weighted by molar-refractivity contribution is 7.26. The minimum absolute atomic E-state index is 0.687. The van der Waals surface area contributed by atoms with Gasteiger partial charge in [-0.2, -0.15) is 0 Å². The molecule has 0 saturated carbocycles. The van der Waals surface area contributed by atoms with Gasteiger partial charge in [-0.1, -0.05) is 121 Å². The molecule has 5 aromatic heterocycles. The first-order valence-corrected chi connectivity index (χ1v) is 17.4. The molecule has 0 aliphatic heterocycles. The van der Waals surface area contributed by atoms with Crippen LogP contribution in [0.25, 0.3) is 108 Å². The third-order valence-corrected chi connectivity index (χ3v) is 11.6. The highest BCUT2D eigenvalue weighted by Gasteiger charge is 2.25. The Morgan fingerprint density at radius 1 is 0.449 bits per heavy atom. The quantitative estimate of drug-likeness (QED) is 0.188. The molecule has 12 aromatic rings. The van der Waals surface area contributed by atoms with E-state index in [2.05, 4.69) is 155 Å². The molecule has 0 fully saturated rings. The molecule has 7 aromatic carbocycles. The number of nitrogens with zero attached hydrogens (tertiary/aromatic N) is 4. The lowest BCUT2D eigenvalue weighted by Gasteiger charge is -2.11. The Bertz CT molecular complexity index is 3330. The molecule has 4 nitrogen and oxygen atoms in total. The highest BCUT2D eigenvalue weighted by atomic mass is 32.1. The molecule has 0 amide bonds. The van der Waals surface area contributed by atoms with Crippen molar-refractivity contribution in [1.82, 2.24) is 18.9 Å². The zero-order valence-electron chi connectivity index (χ0n) is 26.1. The summed E-state index contributed by atoms with van der Waals surface area (Å²) in [6, 6.07) is 52.5. The lowest BCUT2D eigenvalue weighted by molar-refractivity contribution is 1.02. The van der Waals surface area contributed by atoms with Gasteiger partial charge in [0.2, 0.25) is 5.95 Å². The van der Waals surface area contributed by atoms with Gasteiger partial charge in [-0.3, -0.25) is 4.57 Å². The second kappa shape index (κ2) is 9.19. The van der Waals surface area contributed by atoms with Gasteiger partial charge < -0.3 is 4.40 Å². The maximum absolute atomic E-state index is 5.48. The fourth-order valence-electron chi connectivity index (χ4n) is 8.47. The first-order valence-electron chi connectivity index (χ1n) is 16.6. The molecule has 0 aliphatic rings. The minimum atomic E-state index is 0.687. The molecule has 12 rings (SSSR count). The van der Waals surface area contributed by atoms with Crippen LogP contribution in [-0.2, 0) is 0 Å². The number of rotatable bonds is 2. The molecule has 49 heavy (non-hydrogen) atoms. The van der Waals surface area contributed by atoms with Gasteiger partial charge in [-0.25, -0.2) is 9.97 Å². The first kappa shape index (κ1) is 25.7. The topological polar surface area (TPSA) is 35.1 Å². The standard InChI is InChI=1S/C44H24N4S/c1-2-12-26(13-3-1)39-43-40(30-16-7-9-20-36(30)49-43)46-44(45-39)48-35-24-23-34-37(38(35)32-22-21-25-11-4-5-14-27(25)41(32)48)31-18-10-17-29-28-15-6-8-19-33(28)47(34)42(29)31/h1-24H. The molecule has 0 N–H and O–H groups in total. The lowest BCUT2D eigenvalue weighted by Crippen LogP contribution is -2.03. The third kappa shape index (κ3) is 3.23. The van der Waals surface area contributed by atoms with Crippen LogP contribution in [0.5, 0.6) is 0 Å². The SMILES string of the molecule is c1ccc(-c2nc(-n3c4ccc5c(c6cccc7c8ccccc8n5c76)c4c4ccc5ccccc5c43)nc3c2sc2ccccc23)cc1. The Hall–Kier alpha value is -6.30. The molecule has 5 heteroatoms. The molecule has 0 spiro atoms. The summed E-state index contributed by atoms with van der Waals surface area (Å²) in [6.45, 7) is 0. The van der Waals surface area contributed by atoms with Crippen molar-refractivity contribution >= 4 is 102 Å². The highest BCUT2D eigenvalue weighted by Crippen LogP contribution is 2.46. The van der Waals surface area contributed by atoms with E-state index in [1.54, 1.807) is 11.3 Å². The fraction of sp³-hybridized carbons (Fsp3) is 0. The molecule has 0 aliphatic carbocycles. The second-order valence-electron chi connectivity index (χ2n) is 12.9. The van der Waals surface area contributed by atoms with Crippen molar-refractivity contribution in [2.75, 3.05) is 0 Å². The van der Waals surface area contributed by atoms with E-state index in [1.807, 2.05) is 0 Å². The monoisotopic (exact) mass is 640 g/mol. The number of thiophene rings is 1. The van der Waals surface area contributed by atoms with Crippen LogP contribution < -0.4 is 0 Å². The molecule has 0 bridgehead atoms. The maximum atomic E-state index is 5.48. The summed E-state index contributed by atoms with van der Waals surface area (Å²) in [4.78, 5) is 10.9. The molecular formula is C44H24N4S. The maximum Gasteiger partial charge on any atom is 0.235 e. The van der Waals surface area contributed by atoms with E-state index in [1.165, 1.54) is 64.3 Å². The average Bonchev–Trinajstić information content (AvgIpc) is 3.90. The molecular weight excluding hydrogens is 617 g/mol. The number of fused-ring (bicyclic) bond motifs is 15. The summed E-state index contributed by atoms with van der Waals surface area (Å²) in [7, 11) is 0. The average molecular weight is 641 g/mol. The van der Waals surface area contributed by atoms with E-state index in [9.17, 15) is 0 Å². The normalized spacial score (nSPS) is 12.5. The zero-order valence-corrected chi connectivity index (χ0v) is 26.9. The Morgan fingerprint density at radius 2 is 1.14 bits per heavy atom. The van der Waals surface area contributed by atoms with E-state index < -0.39 is 0 Å². The summed E-state index contributed by atoms with van der Waals surface area (Å²) in [5, 5.41) is 11.1. The Kier molecular flexibility index (Phi) is 4.83. The Morgan fingerprint density at radius 3 is 2.06 bits per heavy atom. The Balaban J connectivity index is 1.32. The molecule has 0 saturated heterocycles. The van der Waals surface area contributed by atoms with Crippen LogP contribution in [0.4, 0.5) is 0 Å². The fourth-order valence-corrected chi connectivity index (χ4v) is 9.62. The van der Waals surface area contributed by atoms with Crippen molar-refractivity contribution in [3.05, 3.63) is 146 Å². The van der Waals surface area contributed by atoms with Crippen LogP contribution in [0.2, 0.25) is 0 Å². The van der Waals surface area contributed by atoms with Gasteiger partial charge in [-0.05, 0) is 29.7 Å². The second-order valence-corrected chi connectivity index (χ2v) is 14.0. The molecule has 226 valence electrons.